The van der Waals surface area contributed by atoms with E-state index in [4.69, 9.17) is 9.47 Å². The van der Waals surface area contributed by atoms with Crippen LogP contribution in [0.2, 0.25) is 0 Å². The SMILES string of the molecule is COc1ccc(C(=O)NCC(=O)OCC(=O)c2cc(C)n(C)c2C)cc1. The molecular formula is C19H22N2O5. The first-order valence-electron chi connectivity index (χ1n) is 8.07. The minimum atomic E-state index is -0.675. The minimum Gasteiger partial charge on any atom is -0.497 e. The molecule has 0 aliphatic rings. The van der Waals surface area contributed by atoms with Crippen molar-refractivity contribution < 1.29 is 23.9 Å². The van der Waals surface area contributed by atoms with Crippen LogP contribution in [0.15, 0.2) is 30.3 Å². The maximum absolute atomic E-state index is 12.2. The van der Waals surface area contributed by atoms with Crippen LogP contribution in [0.5, 0.6) is 5.75 Å². The maximum Gasteiger partial charge on any atom is 0.325 e. The molecule has 0 saturated carbocycles. The lowest BCUT2D eigenvalue weighted by atomic mass is 10.1. The molecule has 0 saturated heterocycles. The predicted molar refractivity (Wildman–Crippen MR) is 95.5 cm³/mol. The molecule has 0 unspecified atom stereocenters. The second-order valence-electron chi connectivity index (χ2n) is 5.84. The lowest BCUT2D eigenvalue weighted by Gasteiger charge is -2.07. The Labute approximate surface area is 151 Å². The first-order chi connectivity index (χ1) is 12.3. The Balaban J connectivity index is 1.82. The van der Waals surface area contributed by atoms with Crippen LogP contribution in [-0.4, -0.2) is 42.5 Å². The number of hydrogen-bond donors (Lipinski definition) is 1. The Kier molecular flexibility index (Phi) is 6.16. The van der Waals surface area contributed by atoms with Gasteiger partial charge in [0.25, 0.3) is 5.91 Å². The Bertz CT molecular complexity index is 821. The molecule has 2 aromatic rings. The number of Topliss-reactive ketones (excluding diaryl/α,β-unsaturated/α-hetero) is 1. The molecule has 26 heavy (non-hydrogen) atoms. The van der Waals surface area contributed by atoms with Crippen molar-refractivity contribution in [2.24, 2.45) is 7.05 Å². The molecule has 0 bridgehead atoms. The Morgan fingerprint density at radius 2 is 1.77 bits per heavy atom. The summed E-state index contributed by atoms with van der Waals surface area (Å²) in [5.41, 5.74) is 2.69. The van der Waals surface area contributed by atoms with Crippen molar-refractivity contribution in [2.75, 3.05) is 20.3 Å². The van der Waals surface area contributed by atoms with E-state index in [9.17, 15) is 14.4 Å². The van der Waals surface area contributed by atoms with E-state index in [0.29, 0.717) is 16.9 Å². The van der Waals surface area contributed by atoms with Crippen molar-refractivity contribution in [3.05, 3.63) is 52.8 Å². The number of methoxy groups -OCH3 is 1. The summed E-state index contributed by atoms with van der Waals surface area (Å²) in [6, 6.07) is 8.23. The van der Waals surface area contributed by atoms with Crippen LogP contribution in [0.4, 0.5) is 0 Å². The molecule has 0 spiro atoms. The Morgan fingerprint density at radius 3 is 2.31 bits per heavy atom. The van der Waals surface area contributed by atoms with Crippen molar-refractivity contribution in [2.45, 2.75) is 13.8 Å². The van der Waals surface area contributed by atoms with Gasteiger partial charge in [-0.05, 0) is 44.2 Å². The molecule has 2 rings (SSSR count). The van der Waals surface area contributed by atoms with Crippen LogP contribution in [0.1, 0.15) is 32.1 Å². The Hall–Kier alpha value is -3.09. The van der Waals surface area contributed by atoms with E-state index in [0.717, 1.165) is 11.4 Å². The van der Waals surface area contributed by atoms with Crippen molar-refractivity contribution in [3.63, 3.8) is 0 Å². The number of benzene rings is 1. The number of nitrogens with one attached hydrogen (secondary N) is 1. The zero-order valence-corrected chi connectivity index (χ0v) is 15.3. The third-order valence-electron chi connectivity index (χ3n) is 4.19. The monoisotopic (exact) mass is 358 g/mol. The molecule has 0 radical (unpaired) electrons. The smallest absolute Gasteiger partial charge is 0.325 e. The number of esters is 1. The van der Waals surface area contributed by atoms with Gasteiger partial charge < -0.3 is 19.4 Å². The molecule has 1 aromatic carbocycles. The van der Waals surface area contributed by atoms with Crippen LogP contribution >= 0.6 is 0 Å². The van der Waals surface area contributed by atoms with Gasteiger partial charge in [0.05, 0.1) is 7.11 Å². The normalized spacial score (nSPS) is 10.3. The number of carbonyl (C=O) groups excluding carboxylic acids is 3. The summed E-state index contributed by atoms with van der Waals surface area (Å²) >= 11 is 0. The third-order valence-corrected chi connectivity index (χ3v) is 4.19. The van der Waals surface area contributed by atoms with Crippen molar-refractivity contribution in [3.8, 4) is 5.75 Å². The van der Waals surface area contributed by atoms with Crippen LogP contribution in [0.3, 0.4) is 0 Å². The van der Waals surface area contributed by atoms with Gasteiger partial charge in [-0.1, -0.05) is 0 Å². The number of hydrogen-bond acceptors (Lipinski definition) is 5. The second-order valence-corrected chi connectivity index (χ2v) is 5.84. The molecule has 7 heteroatoms. The number of ether oxygens (including phenoxy) is 2. The van der Waals surface area contributed by atoms with E-state index in [1.807, 2.05) is 25.5 Å². The lowest BCUT2D eigenvalue weighted by molar-refractivity contribution is -0.141. The van der Waals surface area contributed by atoms with E-state index in [-0.39, 0.29) is 18.9 Å². The molecule has 1 heterocycles. The number of ketones is 1. The van der Waals surface area contributed by atoms with Gasteiger partial charge in [-0.15, -0.1) is 0 Å². The summed E-state index contributed by atoms with van der Waals surface area (Å²) < 4.78 is 11.9. The van der Waals surface area contributed by atoms with E-state index in [2.05, 4.69) is 5.32 Å². The fourth-order valence-electron chi connectivity index (χ4n) is 2.41. The van der Waals surface area contributed by atoms with Crippen molar-refractivity contribution >= 4 is 17.7 Å². The van der Waals surface area contributed by atoms with Crippen LogP contribution in [0, 0.1) is 13.8 Å². The molecule has 1 aromatic heterocycles. The highest BCUT2D eigenvalue weighted by molar-refractivity contribution is 6.00. The lowest BCUT2D eigenvalue weighted by Crippen LogP contribution is -2.31. The number of carbonyl (C=O) groups is 3. The number of aromatic nitrogens is 1. The fraction of sp³-hybridized carbons (Fsp3) is 0.316. The maximum atomic E-state index is 12.2. The topological polar surface area (TPSA) is 86.6 Å². The van der Waals surface area contributed by atoms with Crippen molar-refractivity contribution in [1.29, 1.82) is 0 Å². The van der Waals surface area contributed by atoms with Crippen molar-refractivity contribution in [1.82, 2.24) is 9.88 Å². The summed E-state index contributed by atoms with van der Waals surface area (Å²) in [5.74, 6) is -0.733. The van der Waals surface area contributed by atoms with Gasteiger partial charge in [0.1, 0.15) is 12.3 Å². The van der Waals surface area contributed by atoms with Gasteiger partial charge in [0, 0.05) is 29.6 Å². The highest BCUT2D eigenvalue weighted by atomic mass is 16.5. The number of nitrogens with zero attached hydrogens (tertiary/aromatic N) is 1. The summed E-state index contributed by atoms with van der Waals surface area (Å²) in [6.45, 7) is 3.05. The molecule has 0 fully saturated rings. The number of amides is 1. The molecule has 0 aliphatic carbocycles. The van der Waals surface area contributed by atoms with Crippen LogP contribution < -0.4 is 10.1 Å². The molecular weight excluding hydrogens is 336 g/mol. The minimum absolute atomic E-state index is 0.277. The highest BCUT2D eigenvalue weighted by Crippen LogP contribution is 2.14. The average molecular weight is 358 g/mol. The van der Waals surface area contributed by atoms with Gasteiger partial charge in [-0.2, -0.15) is 0 Å². The van der Waals surface area contributed by atoms with Gasteiger partial charge >= 0.3 is 5.97 Å². The summed E-state index contributed by atoms with van der Waals surface area (Å²) in [6.07, 6.45) is 0. The number of aryl methyl sites for hydroxylation is 1. The molecule has 0 atom stereocenters. The third kappa shape index (κ3) is 4.50. The summed E-state index contributed by atoms with van der Waals surface area (Å²) in [5, 5.41) is 2.45. The van der Waals surface area contributed by atoms with Crippen LogP contribution in [0.25, 0.3) is 0 Å². The van der Waals surface area contributed by atoms with Gasteiger partial charge in [-0.25, -0.2) is 0 Å². The highest BCUT2D eigenvalue weighted by Gasteiger charge is 2.16. The van der Waals surface area contributed by atoms with E-state index >= 15 is 0 Å². The quantitative estimate of drug-likeness (QED) is 0.602. The second kappa shape index (κ2) is 8.33. The van der Waals surface area contributed by atoms with Crippen LogP contribution in [-0.2, 0) is 16.6 Å². The fourth-order valence-corrected chi connectivity index (χ4v) is 2.41. The number of rotatable bonds is 7. The first-order valence-corrected chi connectivity index (χ1v) is 8.07. The molecule has 1 N–H and O–H groups in total. The first kappa shape index (κ1) is 19.2. The Morgan fingerprint density at radius 1 is 1.12 bits per heavy atom. The summed E-state index contributed by atoms with van der Waals surface area (Å²) in [7, 11) is 3.40. The molecule has 138 valence electrons. The van der Waals surface area contributed by atoms with E-state index < -0.39 is 11.9 Å². The molecule has 7 nitrogen and oxygen atoms in total. The van der Waals surface area contributed by atoms with Gasteiger partial charge in [-0.3, -0.25) is 14.4 Å². The summed E-state index contributed by atoms with van der Waals surface area (Å²) in [4.78, 5) is 35.9. The molecule has 1 amide bonds. The average Bonchev–Trinajstić information content (AvgIpc) is 2.91. The largest absolute Gasteiger partial charge is 0.497 e. The van der Waals surface area contributed by atoms with Gasteiger partial charge in [0.2, 0.25) is 5.78 Å². The zero-order chi connectivity index (χ0) is 19.3. The van der Waals surface area contributed by atoms with Gasteiger partial charge in [0.15, 0.2) is 6.61 Å². The van der Waals surface area contributed by atoms with E-state index in [1.165, 1.54) is 7.11 Å². The van der Waals surface area contributed by atoms with E-state index in [1.54, 1.807) is 30.3 Å². The molecule has 0 aliphatic heterocycles. The zero-order valence-electron chi connectivity index (χ0n) is 15.3. The predicted octanol–water partition coefficient (Wildman–Crippen LogP) is 1.81. The standard InChI is InChI=1S/C19H22N2O5/c1-12-9-16(13(2)21(12)3)17(22)11-26-18(23)10-20-19(24)14-5-7-15(25-4)8-6-14/h5-9H,10-11H2,1-4H3,(H,20,24).